The van der Waals surface area contributed by atoms with Gasteiger partial charge in [-0.25, -0.2) is 8.42 Å². The maximum Gasteiger partial charge on any atom is 0.293 e. The van der Waals surface area contributed by atoms with E-state index in [-0.39, 0.29) is 16.6 Å². The summed E-state index contributed by atoms with van der Waals surface area (Å²) in [7, 11) is -2.42. The minimum atomic E-state index is -3.87. The molecule has 7 nitrogen and oxygen atoms in total. The first kappa shape index (κ1) is 21.0. The number of fused-ring (bicyclic) bond motifs is 1. The third-order valence-corrected chi connectivity index (χ3v) is 7.11. The minimum Gasteiger partial charge on any atom is -0.495 e. The van der Waals surface area contributed by atoms with Crippen LogP contribution in [0.1, 0.15) is 33.7 Å². The van der Waals surface area contributed by atoms with Crippen LogP contribution < -0.4 is 14.4 Å². The Morgan fingerprint density at radius 3 is 2.68 bits per heavy atom. The molecule has 3 aromatic rings. The largest absolute Gasteiger partial charge is 0.495 e. The standard InChI is InChI=1S/C23H24N2O5S/c1-15-8-11-20(29-3)22(16(15)2)31(27,28)24-18-9-10-19-17(14-18)6-4-12-25(19)23(26)21-7-5-13-30-21/h5,7-11,13-14,24H,4,6,12H2,1-3H3. The van der Waals surface area contributed by atoms with E-state index in [0.717, 1.165) is 29.7 Å². The fraction of sp³-hybridized carbons (Fsp3) is 0.261. The summed E-state index contributed by atoms with van der Waals surface area (Å²) < 4.78 is 39.6. The monoisotopic (exact) mass is 440 g/mol. The van der Waals surface area contributed by atoms with Crippen LogP contribution in [0.4, 0.5) is 11.4 Å². The number of amides is 1. The fourth-order valence-electron chi connectivity index (χ4n) is 3.87. The van der Waals surface area contributed by atoms with Gasteiger partial charge in [-0.15, -0.1) is 0 Å². The Balaban J connectivity index is 1.66. The molecule has 0 spiro atoms. The number of benzene rings is 2. The molecule has 0 radical (unpaired) electrons. The number of carbonyl (C=O) groups is 1. The Morgan fingerprint density at radius 1 is 1.16 bits per heavy atom. The maximum atomic E-state index is 13.2. The van der Waals surface area contributed by atoms with Gasteiger partial charge >= 0.3 is 0 Å². The van der Waals surface area contributed by atoms with Gasteiger partial charge in [0.15, 0.2) is 5.76 Å². The van der Waals surface area contributed by atoms with Crippen LogP contribution in [-0.4, -0.2) is 28.0 Å². The molecule has 0 fully saturated rings. The molecule has 162 valence electrons. The van der Waals surface area contributed by atoms with E-state index in [1.807, 2.05) is 13.0 Å². The van der Waals surface area contributed by atoms with Gasteiger partial charge in [0, 0.05) is 17.9 Å². The number of ether oxygens (including phenoxy) is 1. The molecule has 0 saturated carbocycles. The van der Waals surface area contributed by atoms with Crippen LogP contribution in [0.2, 0.25) is 0 Å². The Bertz CT molecular complexity index is 1230. The summed E-state index contributed by atoms with van der Waals surface area (Å²) in [6.45, 7) is 4.20. The predicted molar refractivity (Wildman–Crippen MR) is 118 cm³/mol. The van der Waals surface area contributed by atoms with E-state index >= 15 is 0 Å². The molecule has 0 bridgehead atoms. The lowest BCUT2D eigenvalue weighted by Crippen LogP contribution is -2.35. The van der Waals surface area contributed by atoms with Gasteiger partial charge in [0.05, 0.1) is 13.4 Å². The zero-order chi connectivity index (χ0) is 22.2. The second-order valence-electron chi connectivity index (χ2n) is 7.53. The molecular formula is C23H24N2O5S. The van der Waals surface area contributed by atoms with Crippen molar-refractivity contribution in [3.8, 4) is 5.75 Å². The van der Waals surface area contributed by atoms with Crippen LogP contribution in [0.3, 0.4) is 0 Å². The predicted octanol–water partition coefficient (Wildman–Crippen LogP) is 4.30. The number of aryl methyl sites for hydroxylation is 2. The lowest BCUT2D eigenvalue weighted by atomic mass is 10.0. The van der Waals surface area contributed by atoms with E-state index < -0.39 is 10.0 Å². The first-order valence-electron chi connectivity index (χ1n) is 9.97. The average Bonchev–Trinajstić information content (AvgIpc) is 3.29. The summed E-state index contributed by atoms with van der Waals surface area (Å²) in [5.74, 6) is 0.364. The normalized spacial score (nSPS) is 13.6. The zero-order valence-electron chi connectivity index (χ0n) is 17.6. The fourth-order valence-corrected chi connectivity index (χ4v) is 5.39. The van der Waals surface area contributed by atoms with Crippen molar-refractivity contribution in [2.45, 2.75) is 31.6 Å². The molecule has 0 atom stereocenters. The van der Waals surface area contributed by atoms with Crippen LogP contribution in [0.5, 0.6) is 5.75 Å². The van der Waals surface area contributed by atoms with E-state index in [1.54, 1.807) is 48.2 Å². The number of hydrogen-bond donors (Lipinski definition) is 1. The van der Waals surface area contributed by atoms with Gasteiger partial charge in [0.25, 0.3) is 15.9 Å². The molecule has 1 amide bonds. The Labute approximate surface area is 181 Å². The number of anilines is 2. The van der Waals surface area contributed by atoms with Crippen molar-refractivity contribution < 1.29 is 22.4 Å². The summed E-state index contributed by atoms with van der Waals surface area (Å²) in [6, 6.07) is 12.0. The van der Waals surface area contributed by atoms with Gasteiger partial charge in [-0.1, -0.05) is 6.07 Å². The molecular weight excluding hydrogens is 416 g/mol. The topological polar surface area (TPSA) is 88.9 Å². The molecule has 2 aromatic carbocycles. The van der Waals surface area contributed by atoms with Gasteiger partial charge in [0.2, 0.25) is 0 Å². The zero-order valence-corrected chi connectivity index (χ0v) is 18.5. The van der Waals surface area contributed by atoms with Gasteiger partial charge in [-0.2, -0.15) is 0 Å². The Hall–Kier alpha value is -3.26. The first-order valence-corrected chi connectivity index (χ1v) is 11.5. The number of nitrogens with zero attached hydrogens (tertiary/aromatic N) is 1. The van der Waals surface area contributed by atoms with Gasteiger partial charge in [-0.3, -0.25) is 9.52 Å². The number of furan rings is 1. The van der Waals surface area contributed by atoms with Crippen molar-refractivity contribution >= 4 is 27.3 Å². The van der Waals surface area contributed by atoms with E-state index in [9.17, 15) is 13.2 Å². The summed E-state index contributed by atoms with van der Waals surface area (Å²) in [6.07, 6.45) is 3.00. The maximum absolute atomic E-state index is 13.2. The lowest BCUT2D eigenvalue weighted by Gasteiger charge is -2.29. The van der Waals surface area contributed by atoms with Crippen molar-refractivity contribution in [3.63, 3.8) is 0 Å². The smallest absolute Gasteiger partial charge is 0.293 e. The number of carbonyl (C=O) groups excluding carboxylic acids is 1. The van der Waals surface area contributed by atoms with Crippen LogP contribution in [0, 0.1) is 13.8 Å². The van der Waals surface area contributed by atoms with Crippen molar-refractivity contribution in [3.05, 3.63) is 71.2 Å². The van der Waals surface area contributed by atoms with Crippen LogP contribution in [0.15, 0.2) is 58.0 Å². The second-order valence-corrected chi connectivity index (χ2v) is 9.14. The summed E-state index contributed by atoms with van der Waals surface area (Å²) >= 11 is 0. The number of nitrogens with one attached hydrogen (secondary N) is 1. The average molecular weight is 441 g/mol. The van der Waals surface area contributed by atoms with E-state index in [0.29, 0.717) is 23.5 Å². The third kappa shape index (κ3) is 3.90. The molecule has 0 saturated heterocycles. The van der Waals surface area contributed by atoms with Gasteiger partial charge in [-0.05, 0) is 79.8 Å². The van der Waals surface area contributed by atoms with Gasteiger partial charge in [0.1, 0.15) is 10.6 Å². The van der Waals surface area contributed by atoms with Crippen LogP contribution >= 0.6 is 0 Å². The quantitative estimate of drug-likeness (QED) is 0.639. The van der Waals surface area contributed by atoms with E-state index in [1.165, 1.54) is 13.4 Å². The van der Waals surface area contributed by atoms with Crippen LogP contribution in [-0.2, 0) is 16.4 Å². The minimum absolute atomic E-state index is 0.127. The van der Waals surface area contributed by atoms with Crippen LogP contribution in [0.25, 0.3) is 0 Å². The third-order valence-electron chi connectivity index (χ3n) is 5.56. The molecule has 1 aliphatic rings. The molecule has 1 N–H and O–H groups in total. The number of sulfonamides is 1. The summed E-state index contributed by atoms with van der Waals surface area (Å²) in [4.78, 5) is 14.6. The van der Waals surface area contributed by atoms with Crippen molar-refractivity contribution in [1.29, 1.82) is 0 Å². The summed E-state index contributed by atoms with van der Waals surface area (Å²) in [5, 5.41) is 0. The molecule has 0 aliphatic carbocycles. The number of rotatable bonds is 5. The highest BCUT2D eigenvalue weighted by Gasteiger charge is 2.27. The highest BCUT2D eigenvalue weighted by Crippen LogP contribution is 2.34. The van der Waals surface area contributed by atoms with E-state index in [4.69, 9.17) is 9.15 Å². The Morgan fingerprint density at radius 2 is 1.97 bits per heavy atom. The second kappa shape index (κ2) is 8.11. The highest BCUT2D eigenvalue weighted by atomic mass is 32.2. The molecule has 1 aliphatic heterocycles. The Kier molecular flexibility index (Phi) is 5.49. The number of hydrogen-bond acceptors (Lipinski definition) is 5. The van der Waals surface area contributed by atoms with Gasteiger partial charge < -0.3 is 14.1 Å². The van der Waals surface area contributed by atoms with E-state index in [2.05, 4.69) is 4.72 Å². The SMILES string of the molecule is COc1ccc(C)c(C)c1S(=O)(=O)Nc1ccc2c(c1)CCCN2C(=O)c1ccco1. The lowest BCUT2D eigenvalue weighted by molar-refractivity contribution is 0.0958. The number of methoxy groups -OCH3 is 1. The molecule has 8 heteroatoms. The molecule has 31 heavy (non-hydrogen) atoms. The summed E-state index contributed by atoms with van der Waals surface area (Å²) in [5.41, 5.74) is 3.60. The molecule has 0 unspecified atom stereocenters. The van der Waals surface area contributed by atoms with Crippen molar-refractivity contribution in [2.75, 3.05) is 23.3 Å². The first-order chi connectivity index (χ1) is 14.8. The van der Waals surface area contributed by atoms with Crippen molar-refractivity contribution in [2.24, 2.45) is 0 Å². The van der Waals surface area contributed by atoms with Crippen molar-refractivity contribution in [1.82, 2.24) is 0 Å². The highest BCUT2D eigenvalue weighted by molar-refractivity contribution is 7.92. The molecule has 2 heterocycles. The molecule has 4 rings (SSSR count). The molecule has 1 aromatic heterocycles.